The summed E-state index contributed by atoms with van der Waals surface area (Å²) in [6, 6.07) is 10.5. The molecule has 2 heterocycles. The van der Waals surface area contributed by atoms with Crippen molar-refractivity contribution >= 4 is 45.5 Å². The van der Waals surface area contributed by atoms with Crippen LogP contribution in [0.5, 0.6) is 0 Å². The SMILES string of the molecule is Cc1ccc(CSc2nnc(NC(=O)CCc3ccsc3)s2)cc1. The number of anilines is 1. The van der Waals surface area contributed by atoms with Gasteiger partial charge in [0, 0.05) is 12.2 Å². The molecular weight excluding hydrogens is 358 g/mol. The molecule has 124 valence electrons. The van der Waals surface area contributed by atoms with E-state index in [1.807, 2.05) is 11.4 Å². The third kappa shape index (κ3) is 5.15. The molecule has 0 spiro atoms. The van der Waals surface area contributed by atoms with Crippen molar-refractivity contribution in [3.05, 3.63) is 57.8 Å². The number of carbonyl (C=O) groups is 1. The Morgan fingerprint density at radius 1 is 1.17 bits per heavy atom. The number of amides is 1. The molecule has 4 nitrogen and oxygen atoms in total. The first-order valence-electron chi connectivity index (χ1n) is 7.52. The minimum absolute atomic E-state index is 0.0209. The third-order valence-corrected chi connectivity index (χ3v) is 6.13. The summed E-state index contributed by atoms with van der Waals surface area (Å²) in [4.78, 5) is 12.0. The Balaban J connectivity index is 1.46. The predicted octanol–water partition coefficient (Wildman–Crippen LogP) is 4.77. The maximum Gasteiger partial charge on any atom is 0.226 e. The van der Waals surface area contributed by atoms with E-state index in [0.29, 0.717) is 11.6 Å². The molecule has 0 saturated carbocycles. The third-order valence-electron chi connectivity index (χ3n) is 3.36. The molecule has 3 aromatic rings. The molecule has 0 bridgehead atoms. The first-order valence-corrected chi connectivity index (χ1v) is 10.3. The van der Waals surface area contributed by atoms with Gasteiger partial charge in [-0.15, -0.1) is 10.2 Å². The summed E-state index contributed by atoms with van der Waals surface area (Å²) in [5, 5.41) is 15.7. The number of nitrogens with one attached hydrogen (secondary N) is 1. The molecule has 3 rings (SSSR count). The first-order chi connectivity index (χ1) is 11.7. The molecule has 0 aliphatic rings. The lowest BCUT2D eigenvalue weighted by Gasteiger charge is -2.00. The van der Waals surface area contributed by atoms with Crippen LogP contribution in [0.25, 0.3) is 0 Å². The van der Waals surface area contributed by atoms with Gasteiger partial charge in [-0.1, -0.05) is 52.9 Å². The van der Waals surface area contributed by atoms with Crippen LogP contribution in [0.1, 0.15) is 23.1 Å². The number of thiophene rings is 1. The molecular formula is C17H17N3OS3. The van der Waals surface area contributed by atoms with E-state index in [1.54, 1.807) is 23.1 Å². The van der Waals surface area contributed by atoms with Crippen molar-refractivity contribution in [2.24, 2.45) is 0 Å². The molecule has 0 fully saturated rings. The smallest absolute Gasteiger partial charge is 0.226 e. The van der Waals surface area contributed by atoms with Crippen molar-refractivity contribution in [3.63, 3.8) is 0 Å². The summed E-state index contributed by atoms with van der Waals surface area (Å²) in [7, 11) is 0. The summed E-state index contributed by atoms with van der Waals surface area (Å²) in [6.07, 6.45) is 1.21. The molecule has 0 unspecified atom stereocenters. The highest BCUT2D eigenvalue weighted by molar-refractivity contribution is 8.00. The monoisotopic (exact) mass is 375 g/mol. The highest BCUT2D eigenvalue weighted by Crippen LogP contribution is 2.28. The highest BCUT2D eigenvalue weighted by Gasteiger charge is 2.09. The zero-order valence-corrected chi connectivity index (χ0v) is 15.6. The molecule has 2 aromatic heterocycles. The van der Waals surface area contributed by atoms with Crippen molar-refractivity contribution in [1.29, 1.82) is 0 Å². The summed E-state index contributed by atoms with van der Waals surface area (Å²) < 4.78 is 0.865. The Kier molecular flexibility index (Phi) is 6.01. The molecule has 1 amide bonds. The lowest BCUT2D eigenvalue weighted by molar-refractivity contribution is -0.116. The quantitative estimate of drug-likeness (QED) is 0.477. The van der Waals surface area contributed by atoms with Crippen molar-refractivity contribution < 1.29 is 4.79 Å². The van der Waals surface area contributed by atoms with Gasteiger partial charge in [-0.2, -0.15) is 11.3 Å². The number of nitrogens with zero attached hydrogens (tertiary/aromatic N) is 2. The number of benzene rings is 1. The van der Waals surface area contributed by atoms with Gasteiger partial charge in [0.2, 0.25) is 11.0 Å². The Labute approximate surface area is 153 Å². The molecule has 0 radical (unpaired) electrons. The summed E-state index contributed by atoms with van der Waals surface area (Å²) in [6.45, 7) is 2.08. The van der Waals surface area contributed by atoms with Crippen LogP contribution in [-0.4, -0.2) is 16.1 Å². The average molecular weight is 376 g/mol. The number of thioether (sulfide) groups is 1. The lowest BCUT2D eigenvalue weighted by atomic mass is 10.2. The van der Waals surface area contributed by atoms with E-state index >= 15 is 0 Å². The summed E-state index contributed by atoms with van der Waals surface area (Å²) >= 11 is 4.70. The van der Waals surface area contributed by atoms with Crippen molar-refractivity contribution in [2.75, 3.05) is 5.32 Å². The van der Waals surface area contributed by atoms with E-state index in [-0.39, 0.29) is 5.91 Å². The van der Waals surface area contributed by atoms with Crippen LogP contribution in [-0.2, 0) is 17.0 Å². The zero-order valence-electron chi connectivity index (χ0n) is 13.2. The highest BCUT2D eigenvalue weighted by atomic mass is 32.2. The number of carbonyl (C=O) groups excluding carboxylic acids is 1. The van der Waals surface area contributed by atoms with E-state index in [1.165, 1.54) is 28.0 Å². The van der Waals surface area contributed by atoms with Crippen molar-refractivity contribution in [3.8, 4) is 0 Å². The van der Waals surface area contributed by atoms with Crippen LogP contribution in [0.15, 0.2) is 45.4 Å². The number of hydrogen-bond donors (Lipinski definition) is 1. The van der Waals surface area contributed by atoms with Gasteiger partial charge >= 0.3 is 0 Å². The van der Waals surface area contributed by atoms with Crippen molar-refractivity contribution in [2.45, 2.75) is 29.9 Å². The normalized spacial score (nSPS) is 10.7. The largest absolute Gasteiger partial charge is 0.300 e. The zero-order chi connectivity index (χ0) is 16.8. The molecule has 1 aromatic carbocycles. The number of hydrogen-bond acceptors (Lipinski definition) is 6. The van der Waals surface area contributed by atoms with E-state index in [4.69, 9.17) is 0 Å². The Bertz CT molecular complexity index is 782. The molecule has 0 saturated heterocycles. The summed E-state index contributed by atoms with van der Waals surface area (Å²) in [5.74, 6) is 0.827. The molecule has 1 N–H and O–H groups in total. The molecule has 0 aliphatic carbocycles. The fourth-order valence-electron chi connectivity index (χ4n) is 2.02. The van der Waals surface area contributed by atoms with Crippen molar-refractivity contribution in [1.82, 2.24) is 10.2 Å². The van der Waals surface area contributed by atoms with Gasteiger partial charge in [-0.25, -0.2) is 0 Å². The van der Waals surface area contributed by atoms with Gasteiger partial charge in [-0.3, -0.25) is 4.79 Å². The number of rotatable bonds is 7. The van der Waals surface area contributed by atoms with E-state index in [0.717, 1.165) is 16.5 Å². The second kappa shape index (κ2) is 8.41. The fraction of sp³-hybridized carbons (Fsp3) is 0.235. The maximum absolute atomic E-state index is 12.0. The fourth-order valence-corrected chi connectivity index (χ4v) is 4.45. The number of aryl methyl sites for hydroxylation is 2. The predicted molar refractivity (Wildman–Crippen MR) is 102 cm³/mol. The van der Waals surface area contributed by atoms with Crippen LogP contribution in [0.4, 0.5) is 5.13 Å². The van der Waals surface area contributed by atoms with Gasteiger partial charge in [0.25, 0.3) is 0 Å². The number of aromatic nitrogens is 2. The maximum atomic E-state index is 12.0. The average Bonchev–Trinajstić information content (AvgIpc) is 3.24. The van der Waals surface area contributed by atoms with Gasteiger partial charge < -0.3 is 5.32 Å². The lowest BCUT2D eigenvalue weighted by Crippen LogP contribution is -2.11. The molecule has 7 heteroatoms. The first kappa shape index (κ1) is 17.1. The minimum atomic E-state index is -0.0209. The van der Waals surface area contributed by atoms with E-state index in [9.17, 15) is 4.79 Å². The van der Waals surface area contributed by atoms with E-state index < -0.39 is 0 Å². The summed E-state index contributed by atoms with van der Waals surface area (Å²) in [5.41, 5.74) is 3.70. The Hall–Kier alpha value is -1.70. The van der Waals surface area contributed by atoms with Crippen LogP contribution >= 0.6 is 34.4 Å². The van der Waals surface area contributed by atoms with Gasteiger partial charge in [0.15, 0.2) is 4.34 Å². The van der Waals surface area contributed by atoms with Gasteiger partial charge in [-0.05, 0) is 41.3 Å². The van der Waals surface area contributed by atoms with Crippen LogP contribution in [0.2, 0.25) is 0 Å². The van der Waals surface area contributed by atoms with Gasteiger partial charge in [0.05, 0.1) is 0 Å². The van der Waals surface area contributed by atoms with Crippen LogP contribution in [0.3, 0.4) is 0 Å². The molecule has 24 heavy (non-hydrogen) atoms. The van der Waals surface area contributed by atoms with Gasteiger partial charge in [0.1, 0.15) is 0 Å². The molecule has 0 atom stereocenters. The van der Waals surface area contributed by atoms with Crippen LogP contribution in [0, 0.1) is 6.92 Å². The minimum Gasteiger partial charge on any atom is -0.300 e. The Morgan fingerprint density at radius 3 is 2.75 bits per heavy atom. The second-order valence-electron chi connectivity index (χ2n) is 5.33. The Morgan fingerprint density at radius 2 is 2.00 bits per heavy atom. The second-order valence-corrected chi connectivity index (χ2v) is 8.31. The van der Waals surface area contributed by atoms with E-state index in [2.05, 4.69) is 52.1 Å². The molecule has 0 aliphatic heterocycles. The standard InChI is InChI=1S/C17H17N3OS3/c1-12-2-4-13(5-3-12)11-23-17-20-19-16(24-17)18-15(21)7-6-14-8-9-22-10-14/h2-5,8-10H,6-7,11H2,1H3,(H,18,19,21). The topological polar surface area (TPSA) is 54.9 Å². The van der Waals surface area contributed by atoms with Crippen LogP contribution < -0.4 is 5.32 Å².